The molecular weight excluding hydrogens is 616 g/mol. The van der Waals surface area contributed by atoms with Gasteiger partial charge in [-0.05, 0) is 43.2 Å². The van der Waals surface area contributed by atoms with Crippen molar-refractivity contribution in [1.82, 2.24) is 25.3 Å². The molecule has 1 unspecified atom stereocenters. The summed E-state index contributed by atoms with van der Waals surface area (Å²) in [4.78, 5) is 49.4. The summed E-state index contributed by atoms with van der Waals surface area (Å²) in [6, 6.07) is 25.5. The highest BCUT2D eigenvalue weighted by Crippen LogP contribution is 2.28. The van der Waals surface area contributed by atoms with Crippen LogP contribution in [0.1, 0.15) is 57.9 Å². The van der Waals surface area contributed by atoms with Gasteiger partial charge in [0.05, 0.1) is 25.0 Å². The van der Waals surface area contributed by atoms with E-state index in [1.54, 1.807) is 21.8 Å². The largest absolute Gasteiger partial charge is 0.496 e. The van der Waals surface area contributed by atoms with Gasteiger partial charge in [-0.3, -0.25) is 9.69 Å². The number of rotatable bonds is 17. The maximum absolute atomic E-state index is 14.5. The Labute approximate surface area is 292 Å². The molecule has 1 fully saturated rings. The molecule has 0 saturated carbocycles. The fourth-order valence-corrected chi connectivity index (χ4v) is 6.13. The Bertz CT molecular complexity index is 1390. The first-order valence-electron chi connectivity index (χ1n) is 17.8. The van der Waals surface area contributed by atoms with Crippen LogP contribution in [-0.2, 0) is 11.3 Å². The first-order valence-corrected chi connectivity index (χ1v) is 17.8. The predicted octanol–water partition coefficient (Wildman–Crippen LogP) is 6.65. The molecule has 0 bridgehead atoms. The summed E-state index contributed by atoms with van der Waals surface area (Å²) < 4.78 is 5.45. The molecule has 1 aliphatic heterocycles. The maximum Gasteiger partial charge on any atom is 0.329 e. The van der Waals surface area contributed by atoms with Crippen molar-refractivity contribution in [1.29, 1.82) is 0 Å². The van der Waals surface area contributed by atoms with Crippen molar-refractivity contribution in [3.8, 4) is 5.75 Å². The molecule has 0 radical (unpaired) electrons. The molecule has 264 valence electrons. The number of nitrogens with zero attached hydrogens (tertiary/aromatic N) is 4. The number of hydrogen-bond donors (Lipinski definition) is 2. The molecule has 0 spiro atoms. The second-order valence-electron chi connectivity index (χ2n) is 12.4. The minimum atomic E-state index is -0.859. The van der Waals surface area contributed by atoms with E-state index in [4.69, 9.17) is 4.74 Å². The monoisotopic (exact) mass is 670 g/mol. The van der Waals surface area contributed by atoms with Crippen LogP contribution < -0.4 is 20.3 Å². The average molecular weight is 671 g/mol. The van der Waals surface area contributed by atoms with E-state index in [1.165, 1.54) is 0 Å². The highest BCUT2D eigenvalue weighted by Gasteiger charge is 2.40. The van der Waals surface area contributed by atoms with Gasteiger partial charge in [-0.15, -0.1) is 0 Å². The van der Waals surface area contributed by atoms with Crippen molar-refractivity contribution in [3.63, 3.8) is 0 Å². The summed E-state index contributed by atoms with van der Waals surface area (Å²) in [7, 11) is 1.65. The summed E-state index contributed by atoms with van der Waals surface area (Å²) in [5, 5.41) is 6.41. The summed E-state index contributed by atoms with van der Waals surface area (Å²) in [5.41, 5.74) is 2.43. The molecule has 0 aromatic heterocycles. The third kappa shape index (κ3) is 10.7. The van der Waals surface area contributed by atoms with E-state index in [2.05, 4.69) is 24.5 Å². The van der Waals surface area contributed by atoms with Crippen molar-refractivity contribution in [3.05, 3.63) is 90.5 Å². The molecule has 10 nitrogen and oxygen atoms in total. The molecule has 3 aromatic carbocycles. The molecule has 3 aromatic rings. The summed E-state index contributed by atoms with van der Waals surface area (Å²) in [6.07, 6.45) is 6.17. The summed E-state index contributed by atoms with van der Waals surface area (Å²) in [5.74, 6) is 0.523. The van der Waals surface area contributed by atoms with Gasteiger partial charge in [0.25, 0.3) is 0 Å². The van der Waals surface area contributed by atoms with E-state index in [1.807, 2.05) is 89.8 Å². The number of nitrogens with one attached hydrogen (secondary N) is 2. The quantitative estimate of drug-likeness (QED) is 0.157. The predicted molar refractivity (Wildman–Crippen MR) is 196 cm³/mol. The normalized spacial score (nSPS) is 14.3. The second kappa shape index (κ2) is 20.1. The van der Waals surface area contributed by atoms with Crippen LogP contribution in [0.3, 0.4) is 0 Å². The van der Waals surface area contributed by atoms with Crippen LogP contribution in [0.15, 0.2) is 84.9 Å². The number of amides is 5. The number of para-hydroxylation sites is 3. The number of unbranched alkanes of at least 4 members (excludes halogenated alkanes) is 4. The van der Waals surface area contributed by atoms with Gasteiger partial charge in [-0.2, -0.15) is 0 Å². The lowest BCUT2D eigenvalue weighted by Gasteiger charge is -2.43. The Kier molecular flexibility index (Phi) is 15.3. The van der Waals surface area contributed by atoms with Gasteiger partial charge in [0.1, 0.15) is 11.8 Å². The van der Waals surface area contributed by atoms with Crippen LogP contribution in [0.5, 0.6) is 5.75 Å². The maximum atomic E-state index is 14.5. The Morgan fingerprint density at radius 3 is 1.94 bits per heavy atom. The first kappa shape index (κ1) is 37.3. The molecule has 10 heteroatoms. The fraction of sp³-hybridized carbons (Fsp3) is 0.462. The molecule has 2 N–H and O–H groups in total. The fourth-order valence-electron chi connectivity index (χ4n) is 6.13. The zero-order valence-electron chi connectivity index (χ0n) is 29.5. The molecule has 1 atom stereocenters. The number of methoxy groups -OCH3 is 1. The lowest BCUT2D eigenvalue weighted by atomic mass is 10.1. The highest BCUT2D eigenvalue weighted by atomic mass is 16.5. The number of anilines is 2. The average Bonchev–Trinajstić information content (AvgIpc) is 3.14. The molecule has 49 heavy (non-hydrogen) atoms. The van der Waals surface area contributed by atoms with Gasteiger partial charge < -0.3 is 30.1 Å². The summed E-state index contributed by atoms with van der Waals surface area (Å²) in [6.45, 7) is 7.90. The number of urea groups is 2. The van der Waals surface area contributed by atoms with E-state index in [0.29, 0.717) is 50.6 Å². The van der Waals surface area contributed by atoms with Crippen molar-refractivity contribution in [2.45, 2.75) is 65.0 Å². The molecule has 1 saturated heterocycles. The first-order chi connectivity index (χ1) is 24.0. The minimum absolute atomic E-state index is 0.0569. The molecule has 4 rings (SSSR count). The molecule has 1 heterocycles. The minimum Gasteiger partial charge on any atom is -0.496 e. The molecule has 1 aliphatic rings. The zero-order valence-corrected chi connectivity index (χ0v) is 29.5. The van der Waals surface area contributed by atoms with Crippen molar-refractivity contribution >= 4 is 29.3 Å². The van der Waals surface area contributed by atoms with Crippen LogP contribution >= 0.6 is 0 Å². The van der Waals surface area contributed by atoms with Crippen LogP contribution in [0.25, 0.3) is 0 Å². The van der Waals surface area contributed by atoms with E-state index < -0.39 is 6.04 Å². The van der Waals surface area contributed by atoms with Crippen molar-refractivity contribution < 1.29 is 19.1 Å². The van der Waals surface area contributed by atoms with Gasteiger partial charge >= 0.3 is 12.1 Å². The number of ether oxygens (including phenoxy) is 1. The molecular formula is C39H54N6O4. The lowest BCUT2D eigenvalue weighted by Crippen LogP contribution is -2.64. The highest BCUT2D eigenvalue weighted by molar-refractivity contribution is 6.01. The van der Waals surface area contributed by atoms with Crippen molar-refractivity contribution in [2.24, 2.45) is 0 Å². The Morgan fingerprint density at radius 2 is 1.35 bits per heavy atom. The lowest BCUT2D eigenvalue weighted by molar-refractivity contribution is -0.126. The standard InChI is InChI=1S/C39H54N6O4/c1-4-6-16-26-42(27-17-7-5-2)38(47)43-28-29-44(39(48)45(33-19-10-8-11-20-33)34-21-12-9-13-22-34)35(31-43)37(46)41-25-24-40-30-32-18-14-15-23-36(32)49-3/h8-15,18-23,35,40H,4-7,16-17,24-31H2,1-3H3,(H,41,46). The molecule has 0 aliphatic carbocycles. The second-order valence-corrected chi connectivity index (χ2v) is 12.4. The Morgan fingerprint density at radius 1 is 0.755 bits per heavy atom. The van der Waals surface area contributed by atoms with E-state index in [9.17, 15) is 14.4 Å². The van der Waals surface area contributed by atoms with Gasteiger partial charge in [0.2, 0.25) is 5.91 Å². The Balaban J connectivity index is 1.52. The van der Waals surface area contributed by atoms with Crippen LogP contribution in [0.2, 0.25) is 0 Å². The number of carbonyl (C=O) groups excluding carboxylic acids is 3. The van der Waals surface area contributed by atoms with Crippen LogP contribution in [0.4, 0.5) is 21.0 Å². The van der Waals surface area contributed by atoms with Crippen LogP contribution in [-0.4, -0.2) is 91.6 Å². The zero-order chi connectivity index (χ0) is 34.8. The summed E-state index contributed by atoms with van der Waals surface area (Å²) >= 11 is 0. The number of carbonyl (C=O) groups is 3. The smallest absolute Gasteiger partial charge is 0.329 e. The van der Waals surface area contributed by atoms with Gasteiger partial charge in [-0.1, -0.05) is 94.1 Å². The number of benzene rings is 3. The SMILES string of the molecule is CCCCCN(CCCCC)C(=O)N1CCN(C(=O)N(c2ccccc2)c2ccccc2)C(C(=O)NCCNCc2ccccc2OC)C1. The third-order valence-electron chi connectivity index (χ3n) is 8.86. The van der Waals surface area contributed by atoms with E-state index in [0.717, 1.165) is 49.8 Å². The topological polar surface area (TPSA) is 97.5 Å². The Hall–Kier alpha value is -4.57. The third-order valence-corrected chi connectivity index (χ3v) is 8.86. The van der Waals surface area contributed by atoms with E-state index in [-0.39, 0.29) is 31.1 Å². The van der Waals surface area contributed by atoms with Crippen LogP contribution in [0, 0.1) is 0 Å². The number of hydrogen-bond acceptors (Lipinski definition) is 5. The van der Waals surface area contributed by atoms with Gasteiger partial charge in [0.15, 0.2) is 0 Å². The van der Waals surface area contributed by atoms with E-state index >= 15 is 0 Å². The van der Waals surface area contributed by atoms with Gasteiger partial charge in [-0.25, -0.2) is 9.59 Å². The number of piperazine rings is 1. The van der Waals surface area contributed by atoms with Gasteiger partial charge in [0, 0.05) is 51.4 Å². The molecule has 5 amide bonds. The van der Waals surface area contributed by atoms with Crippen molar-refractivity contribution in [2.75, 3.05) is 57.8 Å².